The number of aryl methyl sites for hydroxylation is 1. The van der Waals surface area contributed by atoms with Gasteiger partial charge in [0.25, 0.3) is 11.8 Å². The summed E-state index contributed by atoms with van der Waals surface area (Å²) in [6, 6.07) is 14.5. The monoisotopic (exact) mass is 593 g/mol. The number of nitrogens with zero attached hydrogens (tertiary/aromatic N) is 2. The molecule has 0 radical (unpaired) electrons. The van der Waals surface area contributed by atoms with Crippen molar-refractivity contribution >= 4 is 28.4 Å². The quantitative estimate of drug-likeness (QED) is 0.153. The number of halogens is 3. The normalized spacial score (nSPS) is 13.7. The van der Waals surface area contributed by atoms with Gasteiger partial charge in [0.2, 0.25) is 5.88 Å². The number of pyridine rings is 1. The molecule has 2 amide bonds. The third kappa shape index (κ3) is 5.79. The Morgan fingerprint density at radius 2 is 1.65 bits per heavy atom. The first-order chi connectivity index (χ1) is 20.5. The Bertz CT molecular complexity index is 1670. The summed E-state index contributed by atoms with van der Waals surface area (Å²) in [5.74, 6) is 0.269. The van der Waals surface area contributed by atoms with Gasteiger partial charge in [-0.05, 0) is 62.6 Å². The maximum atomic E-state index is 13.3. The SMILES string of the molecule is COc1cc(C)c2c(Oc3cccc(C(F)(F)F)c3)c(OC)cc(NCCCC(C)N3C(=O)c4ccccc4C3=O)c2n1. The molecule has 11 heteroatoms. The molecule has 5 rings (SSSR count). The first-order valence-electron chi connectivity index (χ1n) is 13.7. The van der Waals surface area contributed by atoms with Crippen LogP contribution in [-0.2, 0) is 6.18 Å². The average molecular weight is 594 g/mol. The Morgan fingerprint density at radius 1 is 0.953 bits per heavy atom. The molecule has 0 saturated carbocycles. The number of alkyl halides is 3. The number of benzene rings is 3. The van der Waals surface area contributed by atoms with Gasteiger partial charge in [0, 0.05) is 24.7 Å². The van der Waals surface area contributed by atoms with E-state index in [1.165, 1.54) is 31.3 Å². The summed E-state index contributed by atoms with van der Waals surface area (Å²) >= 11 is 0. The number of methoxy groups -OCH3 is 2. The summed E-state index contributed by atoms with van der Waals surface area (Å²) in [7, 11) is 2.94. The summed E-state index contributed by atoms with van der Waals surface area (Å²) in [4.78, 5) is 31.6. The Balaban J connectivity index is 1.39. The number of hydrogen-bond donors (Lipinski definition) is 1. The molecule has 0 aliphatic carbocycles. The molecule has 0 bridgehead atoms. The highest BCUT2D eigenvalue weighted by molar-refractivity contribution is 6.21. The molecule has 1 atom stereocenters. The molecule has 43 heavy (non-hydrogen) atoms. The standard InChI is InChI=1S/C32H30F3N3O5/c1-18-15-26(42-4)37-28-24(36-14-8-9-19(2)38-30(39)22-12-5-6-13-23(22)31(38)40)17-25(41-3)29(27(18)28)43-21-11-7-10-20(16-21)32(33,34)35/h5-7,10-13,15-17,19,36H,8-9,14H2,1-4H3. The fourth-order valence-electron chi connectivity index (χ4n) is 5.22. The highest BCUT2D eigenvalue weighted by atomic mass is 19.4. The number of carbonyl (C=O) groups is 2. The van der Waals surface area contributed by atoms with Crippen molar-refractivity contribution < 1.29 is 37.0 Å². The van der Waals surface area contributed by atoms with Gasteiger partial charge >= 0.3 is 6.18 Å². The predicted octanol–water partition coefficient (Wildman–Crippen LogP) is 7.25. The fraction of sp³-hybridized carbons (Fsp3) is 0.281. The number of anilines is 1. The van der Waals surface area contributed by atoms with Crippen LogP contribution in [0.15, 0.2) is 60.7 Å². The van der Waals surface area contributed by atoms with Crippen molar-refractivity contribution in [3.63, 3.8) is 0 Å². The molecule has 1 N–H and O–H groups in total. The van der Waals surface area contributed by atoms with Gasteiger partial charge in [0.15, 0.2) is 11.5 Å². The molecule has 4 aromatic rings. The van der Waals surface area contributed by atoms with Gasteiger partial charge in [-0.2, -0.15) is 13.2 Å². The van der Waals surface area contributed by atoms with Crippen LogP contribution < -0.4 is 19.5 Å². The molecule has 0 fully saturated rings. The number of ether oxygens (including phenoxy) is 3. The molecular weight excluding hydrogens is 563 g/mol. The number of rotatable bonds is 10. The third-order valence-corrected chi connectivity index (χ3v) is 7.37. The van der Waals surface area contributed by atoms with Crippen molar-refractivity contribution in [3.05, 3.63) is 82.9 Å². The number of aromatic nitrogens is 1. The molecule has 3 aromatic carbocycles. The third-order valence-electron chi connectivity index (χ3n) is 7.37. The summed E-state index contributed by atoms with van der Waals surface area (Å²) in [6.07, 6.45) is -3.36. The smallest absolute Gasteiger partial charge is 0.416 e. The lowest BCUT2D eigenvalue weighted by atomic mass is 10.1. The zero-order valence-electron chi connectivity index (χ0n) is 24.0. The van der Waals surface area contributed by atoms with E-state index in [4.69, 9.17) is 14.2 Å². The van der Waals surface area contributed by atoms with Crippen LogP contribution in [0.4, 0.5) is 18.9 Å². The zero-order chi connectivity index (χ0) is 30.9. The van der Waals surface area contributed by atoms with E-state index in [2.05, 4.69) is 10.3 Å². The second kappa shape index (κ2) is 11.8. The Kier molecular flexibility index (Phi) is 8.16. The first-order valence-corrected chi connectivity index (χ1v) is 13.7. The van der Waals surface area contributed by atoms with Crippen molar-refractivity contribution in [3.8, 4) is 23.1 Å². The molecule has 8 nitrogen and oxygen atoms in total. The molecule has 224 valence electrons. The second-order valence-corrected chi connectivity index (χ2v) is 10.2. The van der Waals surface area contributed by atoms with E-state index in [-0.39, 0.29) is 29.4 Å². The summed E-state index contributed by atoms with van der Waals surface area (Å²) in [6.45, 7) is 4.13. The summed E-state index contributed by atoms with van der Waals surface area (Å²) in [5, 5.41) is 3.90. The Morgan fingerprint density at radius 3 is 2.28 bits per heavy atom. The highest BCUT2D eigenvalue weighted by Crippen LogP contribution is 2.45. The lowest BCUT2D eigenvalue weighted by Gasteiger charge is -2.23. The van der Waals surface area contributed by atoms with Crippen LogP contribution in [0.25, 0.3) is 10.9 Å². The van der Waals surface area contributed by atoms with Crippen molar-refractivity contribution in [2.45, 2.75) is 38.9 Å². The largest absolute Gasteiger partial charge is 0.493 e. The maximum Gasteiger partial charge on any atom is 0.416 e. The first kappa shape index (κ1) is 29.7. The van der Waals surface area contributed by atoms with Crippen LogP contribution in [0.1, 0.15) is 51.6 Å². The van der Waals surface area contributed by atoms with Crippen LogP contribution in [0, 0.1) is 6.92 Å². The number of hydrogen-bond acceptors (Lipinski definition) is 7. The molecular formula is C32H30F3N3O5. The minimum Gasteiger partial charge on any atom is -0.493 e. The number of carbonyl (C=O) groups excluding carboxylic acids is 2. The Labute approximate surface area is 246 Å². The zero-order valence-corrected chi connectivity index (χ0v) is 24.0. The minimum atomic E-state index is -4.53. The minimum absolute atomic E-state index is 0.00695. The van der Waals surface area contributed by atoms with Gasteiger partial charge in [0.05, 0.1) is 42.0 Å². The molecule has 0 saturated heterocycles. The van der Waals surface area contributed by atoms with Gasteiger partial charge in [-0.1, -0.05) is 18.2 Å². The lowest BCUT2D eigenvalue weighted by Crippen LogP contribution is -2.38. The second-order valence-electron chi connectivity index (χ2n) is 10.2. The summed E-state index contributed by atoms with van der Waals surface area (Å²) in [5.41, 5.74) is 1.79. The average Bonchev–Trinajstić information content (AvgIpc) is 3.24. The van der Waals surface area contributed by atoms with Crippen molar-refractivity contribution in [2.75, 3.05) is 26.1 Å². The number of amides is 2. The van der Waals surface area contributed by atoms with E-state index < -0.39 is 11.7 Å². The lowest BCUT2D eigenvalue weighted by molar-refractivity contribution is -0.137. The molecule has 1 aliphatic rings. The van der Waals surface area contributed by atoms with E-state index in [9.17, 15) is 22.8 Å². The van der Waals surface area contributed by atoms with E-state index in [1.807, 2.05) is 13.8 Å². The van der Waals surface area contributed by atoms with Gasteiger partial charge in [-0.3, -0.25) is 14.5 Å². The van der Waals surface area contributed by atoms with Crippen molar-refractivity contribution in [2.24, 2.45) is 0 Å². The van der Waals surface area contributed by atoms with Crippen molar-refractivity contribution in [1.82, 2.24) is 9.88 Å². The van der Waals surface area contributed by atoms with Crippen LogP contribution in [0.3, 0.4) is 0 Å². The summed E-state index contributed by atoms with van der Waals surface area (Å²) < 4.78 is 57.0. The maximum absolute atomic E-state index is 13.3. The van der Waals surface area contributed by atoms with Crippen LogP contribution in [0.2, 0.25) is 0 Å². The van der Waals surface area contributed by atoms with Gasteiger partial charge in [-0.25, -0.2) is 4.98 Å². The van der Waals surface area contributed by atoms with Crippen LogP contribution in [-0.4, -0.2) is 48.5 Å². The van der Waals surface area contributed by atoms with Crippen molar-refractivity contribution in [1.29, 1.82) is 0 Å². The van der Waals surface area contributed by atoms with Crippen LogP contribution in [0.5, 0.6) is 23.1 Å². The van der Waals surface area contributed by atoms with E-state index >= 15 is 0 Å². The van der Waals surface area contributed by atoms with Gasteiger partial charge < -0.3 is 19.5 Å². The van der Waals surface area contributed by atoms with E-state index in [0.29, 0.717) is 64.3 Å². The number of nitrogens with one attached hydrogen (secondary N) is 1. The number of fused-ring (bicyclic) bond motifs is 2. The molecule has 1 aromatic heterocycles. The predicted molar refractivity (Wildman–Crippen MR) is 155 cm³/mol. The van der Waals surface area contributed by atoms with E-state index in [1.54, 1.807) is 36.4 Å². The van der Waals surface area contributed by atoms with E-state index in [0.717, 1.165) is 12.1 Å². The molecule has 0 spiro atoms. The van der Waals surface area contributed by atoms with Gasteiger partial charge in [-0.15, -0.1) is 0 Å². The molecule has 1 unspecified atom stereocenters. The van der Waals surface area contributed by atoms with Gasteiger partial charge in [0.1, 0.15) is 11.3 Å². The molecule has 1 aliphatic heterocycles. The molecule has 2 heterocycles. The highest BCUT2D eigenvalue weighted by Gasteiger charge is 2.37. The fourth-order valence-corrected chi connectivity index (χ4v) is 5.22. The Hall–Kier alpha value is -4.80. The number of imide groups is 1. The van der Waals surface area contributed by atoms with Crippen LogP contribution >= 0.6 is 0 Å². The topological polar surface area (TPSA) is 90.0 Å².